The number of hydrogen-bond acceptors (Lipinski definition) is 4. The Bertz CT molecular complexity index is 436. The summed E-state index contributed by atoms with van der Waals surface area (Å²) in [4.78, 5) is 11.9. The molecule has 98 valence electrons. The summed E-state index contributed by atoms with van der Waals surface area (Å²) in [7, 11) is 0. The average molecular weight is 286 g/mol. The molecule has 1 atom stereocenters. The zero-order valence-corrected chi connectivity index (χ0v) is 11.5. The number of amides is 1. The number of anilines is 1. The van der Waals surface area contributed by atoms with Gasteiger partial charge in [0.25, 0.3) is 5.91 Å². The predicted molar refractivity (Wildman–Crippen MR) is 76.7 cm³/mol. The molecule has 0 radical (unpaired) electrons. The minimum atomic E-state index is -0.428. The van der Waals surface area contributed by atoms with Gasteiger partial charge in [-0.3, -0.25) is 4.79 Å². The number of halogens is 1. The number of carbonyl (C=O) groups excluding carboxylic acids is 1. The van der Waals surface area contributed by atoms with E-state index < -0.39 is 5.82 Å². The molecule has 1 amide bonds. The van der Waals surface area contributed by atoms with Gasteiger partial charge in [-0.05, 0) is 18.2 Å². The minimum absolute atomic E-state index is 0.179. The molecule has 18 heavy (non-hydrogen) atoms. The van der Waals surface area contributed by atoms with Crippen LogP contribution in [0.1, 0.15) is 10.4 Å². The zero-order valence-electron chi connectivity index (χ0n) is 9.82. The lowest BCUT2D eigenvalue weighted by Gasteiger charge is -2.21. The number of benzene rings is 1. The lowest BCUT2D eigenvalue weighted by Crippen LogP contribution is -2.33. The normalized spacial score (nSPS) is 19.5. The Morgan fingerprint density at radius 3 is 3.00 bits per heavy atom. The third-order valence-corrected chi connectivity index (χ3v) is 5.48. The van der Waals surface area contributed by atoms with Gasteiger partial charge in [-0.1, -0.05) is 0 Å². The molecule has 1 aromatic rings. The molecule has 1 aliphatic heterocycles. The number of carbonyl (C=O) groups is 1. The van der Waals surface area contributed by atoms with Gasteiger partial charge < -0.3 is 11.1 Å². The molecule has 0 spiro atoms. The van der Waals surface area contributed by atoms with E-state index in [1.807, 2.05) is 23.5 Å². The third kappa shape index (κ3) is 3.55. The van der Waals surface area contributed by atoms with Crippen molar-refractivity contribution in [2.75, 3.05) is 29.5 Å². The molecule has 1 aromatic carbocycles. The Morgan fingerprint density at radius 1 is 1.50 bits per heavy atom. The van der Waals surface area contributed by atoms with Crippen LogP contribution in [0.15, 0.2) is 18.2 Å². The number of rotatable bonds is 3. The molecule has 0 bridgehead atoms. The zero-order chi connectivity index (χ0) is 13.0. The van der Waals surface area contributed by atoms with E-state index in [-0.39, 0.29) is 11.6 Å². The van der Waals surface area contributed by atoms with Crippen LogP contribution in [0.3, 0.4) is 0 Å². The molecule has 1 saturated heterocycles. The smallest absolute Gasteiger partial charge is 0.253 e. The number of nitrogens with one attached hydrogen (secondary N) is 1. The highest BCUT2D eigenvalue weighted by atomic mass is 32.2. The van der Waals surface area contributed by atoms with E-state index in [4.69, 9.17) is 5.73 Å². The van der Waals surface area contributed by atoms with Crippen LogP contribution in [0.4, 0.5) is 10.1 Å². The minimum Gasteiger partial charge on any atom is -0.398 e. The van der Waals surface area contributed by atoms with Gasteiger partial charge in [0.2, 0.25) is 0 Å². The summed E-state index contributed by atoms with van der Waals surface area (Å²) in [5.41, 5.74) is 6.14. The third-order valence-electron chi connectivity index (χ3n) is 2.63. The lowest BCUT2D eigenvalue weighted by atomic mass is 10.1. The quantitative estimate of drug-likeness (QED) is 0.834. The molecule has 3 N–H and O–H groups in total. The Labute approximate surface area is 114 Å². The van der Waals surface area contributed by atoms with E-state index in [1.165, 1.54) is 24.0 Å². The average Bonchev–Trinajstić information content (AvgIpc) is 2.37. The van der Waals surface area contributed by atoms with Crippen molar-refractivity contribution in [1.82, 2.24) is 5.32 Å². The van der Waals surface area contributed by atoms with Gasteiger partial charge >= 0.3 is 0 Å². The van der Waals surface area contributed by atoms with Crippen molar-refractivity contribution in [3.8, 4) is 0 Å². The van der Waals surface area contributed by atoms with Crippen LogP contribution in [0, 0.1) is 5.82 Å². The molecule has 1 unspecified atom stereocenters. The maximum Gasteiger partial charge on any atom is 0.253 e. The van der Waals surface area contributed by atoms with Crippen molar-refractivity contribution < 1.29 is 9.18 Å². The maximum absolute atomic E-state index is 12.9. The SMILES string of the molecule is Nc1cc(F)ccc1C(=O)NCC1CSCCS1. The number of nitrogen functional groups attached to an aromatic ring is 1. The molecule has 0 aromatic heterocycles. The first kappa shape index (κ1) is 13.5. The number of nitrogens with two attached hydrogens (primary N) is 1. The molecular weight excluding hydrogens is 271 g/mol. The van der Waals surface area contributed by atoms with Gasteiger partial charge in [0.15, 0.2) is 0 Å². The van der Waals surface area contributed by atoms with E-state index in [1.54, 1.807) is 0 Å². The lowest BCUT2D eigenvalue weighted by molar-refractivity contribution is 0.0955. The first-order valence-electron chi connectivity index (χ1n) is 5.69. The molecule has 0 saturated carbocycles. The van der Waals surface area contributed by atoms with Gasteiger partial charge in [-0.25, -0.2) is 4.39 Å². The highest BCUT2D eigenvalue weighted by molar-refractivity contribution is 8.06. The summed E-state index contributed by atoms with van der Waals surface area (Å²) >= 11 is 3.79. The van der Waals surface area contributed by atoms with E-state index in [9.17, 15) is 9.18 Å². The van der Waals surface area contributed by atoms with Crippen molar-refractivity contribution in [3.05, 3.63) is 29.6 Å². The molecule has 3 nitrogen and oxygen atoms in total. The summed E-state index contributed by atoms with van der Waals surface area (Å²) in [5, 5.41) is 3.31. The molecule has 1 fully saturated rings. The van der Waals surface area contributed by atoms with E-state index in [0.717, 1.165) is 11.5 Å². The van der Waals surface area contributed by atoms with E-state index >= 15 is 0 Å². The fourth-order valence-corrected chi connectivity index (χ4v) is 4.31. The first-order chi connectivity index (χ1) is 8.66. The first-order valence-corrected chi connectivity index (χ1v) is 7.90. The van der Waals surface area contributed by atoms with Crippen molar-refractivity contribution in [2.24, 2.45) is 0 Å². The van der Waals surface area contributed by atoms with Crippen LogP contribution in [0.2, 0.25) is 0 Å². The van der Waals surface area contributed by atoms with Gasteiger partial charge in [0, 0.05) is 34.7 Å². The van der Waals surface area contributed by atoms with Crippen LogP contribution >= 0.6 is 23.5 Å². The molecule has 1 heterocycles. The van der Waals surface area contributed by atoms with Gasteiger partial charge in [-0.15, -0.1) is 0 Å². The highest BCUT2D eigenvalue weighted by Gasteiger charge is 2.16. The summed E-state index contributed by atoms with van der Waals surface area (Å²) in [5.74, 6) is 2.71. The Hall–Kier alpha value is -0.880. The van der Waals surface area contributed by atoms with Crippen molar-refractivity contribution in [3.63, 3.8) is 0 Å². The van der Waals surface area contributed by atoms with Crippen molar-refractivity contribution in [1.29, 1.82) is 0 Å². The van der Waals surface area contributed by atoms with Gasteiger partial charge in [-0.2, -0.15) is 23.5 Å². The monoisotopic (exact) mass is 286 g/mol. The number of thioether (sulfide) groups is 2. The fraction of sp³-hybridized carbons (Fsp3) is 0.417. The number of hydrogen-bond donors (Lipinski definition) is 2. The van der Waals surface area contributed by atoms with Crippen LogP contribution in [0.5, 0.6) is 0 Å². The largest absolute Gasteiger partial charge is 0.398 e. The van der Waals surface area contributed by atoms with Crippen LogP contribution in [-0.2, 0) is 0 Å². The Kier molecular flexibility index (Phi) is 4.77. The molecule has 6 heteroatoms. The van der Waals surface area contributed by atoms with Crippen molar-refractivity contribution >= 4 is 35.1 Å². The summed E-state index contributed by atoms with van der Waals surface area (Å²) in [6, 6.07) is 3.83. The summed E-state index contributed by atoms with van der Waals surface area (Å²) in [6.07, 6.45) is 0. The van der Waals surface area contributed by atoms with Crippen LogP contribution in [0.25, 0.3) is 0 Å². The molecule has 1 aliphatic rings. The molecule has 2 rings (SSSR count). The standard InChI is InChI=1S/C12H15FN2OS2/c13-8-1-2-10(11(14)5-8)12(16)15-6-9-7-17-3-4-18-9/h1-2,5,9H,3-4,6-7,14H2,(H,15,16). The second kappa shape index (κ2) is 6.33. The summed E-state index contributed by atoms with van der Waals surface area (Å²) in [6.45, 7) is 0.632. The maximum atomic E-state index is 12.9. The predicted octanol–water partition coefficient (Wildman–Crippen LogP) is 1.99. The van der Waals surface area contributed by atoms with E-state index in [0.29, 0.717) is 17.4 Å². The fourth-order valence-electron chi connectivity index (χ4n) is 1.70. The second-order valence-electron chi connectivity index (χ2n) is 4.01. The van der Waals surface area contributed by atoms with Crippen LogP contribution in [-0.4, -0.2) is 35.0 Å². The Morgan fingerprint density at radius 2 is 2.33 bits per heavy atom. The van der Waals surface area contributed by atoms with Gasteiger partial charge in [0.05, 0.1) is 5.56 Å². The molecular formula is C12H15FN2OS2. The Balaban J connectivity index is 1.90. The van der Waals surface area contributed by atoms with E-state index in [2.05, 4.69) is 5.32 Å². The highest BCUT2D eigenvalue weighted by Crippen LogP contribution is 2.23. The second-order valence-corrected chi connectivity index (χ2v) is 6.57. The van der Waals surface area contributed by atoms with Gasteiger partial charge in [0.1, 0.15) is 5.82 Å². The molecule has 0 aliphatic carbocycles. The van der Waals surface area contributed by atoms with Crippen molar-refractivity contribution in [2.45, 2.75) is 5.25 Å². The summed E-state index contributed by atoms with van der Waals surface area (Å²) < 4.78 is 12.9. The van der Waals surface area contributed by atoms with Crippen LogP contribution < -0.4 is 11.1 Å². The topological polar surface area (TPSA) is 55.1 Å².